The lowest BCUT2D eigenvalue weighted by Crippen LogP contribution is -2.63. The molecule has 0 bridgehead atoms. The summed E-state index contributed by atoms with van der Waals surface area (Å²) >= 11 is 0. The van der Waals surface area contributed by atoms with Gasteiger partial charge in [-0.05, 0) is 107 Å². The van der Waals surface area contributed by atoms with Gasteiger partial charge >= 0.3 is 0 Å². The molecule has 3 rings (SSSR count). The van der Waals surface area contributed by atoms with Gasteiger partial charge in [0.1, 0.15) is 60.4 Å². The van der Waals surface area contributed by atoms with Crippen molar-refractivity contribution in [1.82, 2.24) is 65.8 Å². The first-order chi connectivity index (χ1) is 46.3. The van der Waals surface area contributed by atoms with Crippen molar-refractivity contribution in [3.63, 3.8) is 0 Å². The standard InChI is InChI=1S/C71H127N13O15/c1-22-47(12)60-70(96)78(16)48(13)66(92)80(18)54(34-43(4)5)63(89)74-52(41-99-40-50-39-98-32-28-72-50)67(93)81(19)56(36-45(8)9)65(91)76-61(49(14)85)71(97)83(21)57(37-46(10)11)69(95)82(20)55(35-44(6)7)62(88)73-51(68(94)84-30-24-23-25-31-84)38-59(87)77(15)29-26-27-58(86)79(17)53(33-42(2)3)64(90)75-60/h42-57,60-61,72,85H,22-41H2,1-21H3,(H,73,88)(H,74,89)(H,75,90)(H,76,91)/t47?,48-,49?,50-,51?,52-,53-,54?,55-,56-,57-,60-,61?/m0/s1. The molecule has 3 fully saturated rings. The molecule has 0 aliphatic carbocycles. The number of aliphatic hydroxyl groups is 1. The maximum absolute atomic E-state index is 15.2. The third-order valence-corrected chi connectivity index (χ3v) is 19.4. The van der Waals surface area contributed by atoms with Crippen molar-refractivity contribution in [1.29, 1.82) is 0 Å². The summed E-state index contributed by atoms with van der Waals surface area (Å²) in [4.78, 5) is 188. The van der Waals surface area contributed by atoms with E-state index in [0.29, 0.717) is 52.1 Å². The van der Waals surface area contributed by atoms with Crippen LogP contribution in [0.2, 0.25) is 0 Å². The Hall–Kier alpha value is -6.52. The Balaban J connectivity index is 2.31. The van der Waals surface area contributed by atoms with Crippen LogP contribution in [0.15, 0.2) is 0 Å². The fourth-order valence-corrected chi connectivity index (χ4v) is 12.8. The molecule has 12 amide bonds. The minimum Gasteiger partial charge on any atom is -0.391 e. The van der Waals surface area contributed by atoms with Gasteiger partial charge in [0.2, 0.25) is 70.9 Å². The van der Waals surface area contributed by atoms with E-state index in [1.165, 1.54) is 87.7 Å². The second-order valence-corrected chi connectivity index (χ2v) is 30.1. The molecule has 5 unspecified atom stereocenters. The molecule has 0 radical (unpaired) electrons. The van der Waals surface area contributed by atoms with Crippen LogP contribution in [0.5, 0.6) is 0 Å². The van der Waals surface area contributed by atoms with Gasteiger partial charge in [-0.2, -0.15) is 0 Å². The molecule has 28 heteroatoms. The summed E-state index contributed by atoms with van der Waals surface area (Å²) < 4.78 is 11.8. The summed E-state index contributed by atoms with van der Waals surface area (Å²) in [5, 5.41) is 26.1. The summed E-state index contributed by atoms with van der Waals surface area (Å²) in [6.07, 6.45) is 1.30. The highest BCUT2D eigenvalue weighted by molar-refractivity contribution is 5.99. The van der Waals surface area contributed by atoms with Crippen molar-refractivity contribution in [3.05, 3.63) is 0 Å². The lowest BCUT2D eigenvalue weighted by Gasteiger charge is -2.38. The van der Waals surface area contributed by atoms with Crippen molar-refractivity contribution in [3.8, 4) is 0 Å². The number of hydrogen-bond acceptors (Lipinski definition) is 16. The van der Waals surface area contributed by atoms with E-state index < -0.39 is 156 Å². The van der Waals surface area contributed by atoms with Crippen LogP contribution in [-0.4, -0.2) is 290 Å². The molecule has 3 saturated heterocycles. The molecule has 6 N–H and O–H groups in total. The summed E-state index contributed by atoms with van der Waals surface area (Å²) in [6.45, 7) is 26.9. The van der Waals surface area contributed by atoms with E-state index in [1.54, 1.807) is 11.8 Å². The SMILES string of the molecule is CCC(C)[C@@H]1NC(=O)[C@H](CC(C)C)N(C)C(=O)CCCN(C)C(=O)CC(C(=O)N2CCCCC2)NC(=O)[C@H](CC(C)C)N(C)C(=O)[C@H](CC(C)C)N(C)C(=O)C(C(C)O)NC(=O)[C@H](CC(C)C)N(C)C(=O)[C@H](COC[C@@H]2COCCN2)NC(=O)C(CC(C)C)N(C)C(=O)[C@H](C)N(C)C1=O. The monoisotopic (exact) mass is 1400 g/mol. The van der Waals surface area contributed by atoms with Gasteiger partial charge in [0.05, 0.1) is 45.0 Å². The molecule has 0 aromatic carbocycles. The Morgan fingerprint density at radius 2 is 0.949 bits per heavy atom. The minimum atomic E-state index is -1.69. The first-order valence-corrected chi connectivity index (χ1v) is 36.2. The molecule has 0 saturated carbocycles. The number of rotatable bonds is 18. The predicted octanol–water partition coefficient (Wildman–Crippen LogP) is 2.22. The number of hydrogen-bond donors (Lipinski definition) is 6. The van der Waals surface area contributed by atoms with Gasteiger partial charge in [-0.15, -0.1) is 0 Å². The highest BCUT2D eigenvalue weighted by atomic mass is 16.5. The van der Waals surface area contributed by atoms with Gasteiger partial charge in [-0.1, -0.05) is 89.5 Å². The number of morpholine rings is 1. The number of carbonyl (C=O) groups excluding carboxylic acids is 12. The Morgan fingerprint density at radius 1 is 0.505 bits per heavy atom. The van der Waals surface area contributed by atoms with Crippen molar-refractivity contribution < 1.29 is 72.1 Å². The van der Waals surface area contributed by atoms with Crippen LogP contribution >= 0.6 is 0 Å². The number of nitrogens with one attached hydrogen (secondary N) is 5. The molecule has 0 aromatic rings. The zero-order chi connectivity index (χ0) is 75.0. The molecule has 0 aromatic heterocycles. The van der Waals surface area contributed by atoms with Crippen molar-refractivity contribution >= 4 is 70.9 Å². The molecule has 13 atom stereocenters. The number of amides is 12. The minimum absolute atomic E-state index is 0.0254. The molecule has 3 heterocycles. The number of piperidine rings is 1. The Labute approximate surface area is 590 Å². The van der Waals surface area contributed by atoms with Gasteiger partial charge < -0.3 is 80.4 Å². The fraction of sp³-hybridized carbons (Fsp3) is 0.831. The van der Waals surface area contributed by atoms with Crippen LogP contribution in [0.25, 0.3) is 0 Å². The molecular weight excluding hydrogens is 1270 g/mol. The van der Waals surface area contributed by atoms with Crippen LogP contribution in [0.3, 0.4) is 0 Å². The van der Waals surface area contributed by atoms with Gasteiger partial charge in [-0.3, -0.25) is 57.5 Å². The number of carbonyl (C=O) groups is 12. The highest BCUT2D eigenvalue weighted by Gasteiger charge is 2.44. The number of aliphatic hydroxyl groups excluding tert-OH is 1. The summed E-state index contributed by atoms with van der Waals surface area (Å²) in [5.41, 5.74) is 0. The van der Waals surface area contributed by atoms with Crippen molar-refractivity contribution in [2.45, 2.75) is 247 Å². The average molecular weight is 1400 g/mol. The van der Waals surface area contributed by atoms with Crippen LogP contribution in [0.4, 0.5) is 0 Å². The number of likely N-dealkylation sites (tertiary alicyclic amines) is 1. The van der Waals surface area contributed by atoms with Crippen molar-refractivity contribution in [2.75, 3.05) is 102 Å². The van der Waals surface area contributed by atoms with Gasteiger partial charge in [0.25, 0.3) is 0 Å². The van der Waals surface area contributed by atoms with Crippen LogP contribution in [0.1, 0.15) is 174 Å². The smallest absolute Gasteiger partial charge is 0.248 e. The second kappa shape index (κ2) is 41.4. The molecule has 28 nitrogen and oxygen atoms in total. The average Bonchev–Trinajstić information content (AvgIpc) is 0.851. The molecular formula is C71H127N13O15. The lowest BCUT2D eigenvalue weighted by molar-refractivity contribution is -0.152. The van der Waals surface area contributed by atoms with E-state index in [9.17, 15) is 43.5 Å². The maximum Gasteiger partial charge on any atom is 0.248 e. The van der Waals surface area contributed by atoms with Crippen molar-refractivity contribution in [2.24, 2.45) is 35.5 Å². The topological polar surface area (TPSA) is 330 Å². The number of ether oxygens (including phenoxy) is 2. The molecule has 99 heavy (non-hydrogen) atoms. The molecule has 3 aliphatic rings. The van der Waals surface area contributed by atoms with E-state index in [4.69, 9.17) is 9.47 Å². The van der Waals surface area contributed by atoms with Gasteiger partial charge in [-0.25, -0.2) is 0 Å². The zero-order valence-corrected chi connectivity index (χ0v) is 63.8. The number of nitrogens with zero attached hydrogens (tertiary/aromatic N) is 8. The predicted molar refractivity (Wildman–Crippen MR) is 377 cm³/mol. The molecule has 566 valence electrons. The first kappa shape index (κ1) is 86.7. The summed E-state index contributed by atoms with van der Waals surface area (Å²) in [7, 11) is 10.1. The van der Waals surface area contributed by atoms with Gasteiger partial charge in [0.15, 0.2) is 0 Å². The van der Waals surface area contributed by atoms with E-state index in [-0.39, 0.29) is 93.7 Å². The Bertz CT molecular complexity index is 2680. The fourth-order valence-electron chi connectivity index (χ4n) is 12.8. The van der Waals surface area contributed by atoms with E-state index >= 15 is 19.2 Å². The third-order valence-electron chi connectivity index (χ3n) is 19.4. The lowest BCUT2D eigenvalue weighted by atomic mass is 9.95. The van der Waals surface area contributed by atoms with E-state index in [2.05, 4.69) is 26.6 Å². The van der Waals surface area contributed by atoms with E-state index in [0.717, 1.165) is 16.2 Å². The van der Waals surface area contributed by atoms with Crippen LogP contribution < -0.4 is 26.6 Å². The maximum atomic E-state index is 15.2. The zero-order valence-electron chi connectivity index (χ0n) is 63.8. The molecule has 3 aliphatic heterocycles. The van der Waals surface area contributed by atoms with Crippen LogP contribution in [-0.2, 0) is 67.0 Å². The summed E-state index contributed by atoms with van der Waals surface area (Å²) in [5.74, 6) is -9.26. The normalized spacial score (nSPS) is 27.6. The largest absolute Gasteiger partial charge is 0.391 e. The Morgan fingerprint density at radius 3 is 1.43 bits per heavy atom. The van der Waals surface area contributed by atoms with Crippen LogP contribution in [0, 0.1) is 35.5 Å². The van der Waals surface area contributed by atoms with E-state index in [1.807, 2.05) is 76.2 Å². The Kier molecular flexibility index (Phi) is 36.3. The highest BCUT2D eigenvalue weighted by Crippen LogP contribution is 2.24. The first-order valence-electron chi connectivity index (χ1n) is 36.2. The van der Waals surface area contributed by atoms with Gasteiger partial charge in [0, 0.05) is 81.9 Å². The summed E-state index contributed by atoms with van der Waals surface area (Å²) in [6, 6.07) is -13.3. The quantitative estimate of drug-likeness (QED) is 0.115. The third kappa shape index (κ3) is 26.1. The molecule has 0 spiro atoms. The second-order valence-electron chi connectivity index (χ2n) is 30.1. The number of likely N-dealkylation sites (N-methyl/N-ethyl adjacent to an activating group) is 6.